The van der Waals surface area contributed by atoms with Gasteiger partial charge in [-0.15, -0.1) is 11.3 Å². The first-order valence-electron chi connectivity index (χ1n) is 9.13. The summed E-state index contributed by atoms with van der Waals surface area (Å²) in [4.78, 5) is 18.9. The van der Waals surface area contributed by atoms with Crippen LogP contribution in [0.2, 0.25) is 0 Å². The van der Waals surface area contributed by atoms with Crippen molar-refractivity contribution in [1.82, 2.24) is 15.1 Å². The molecule has 4 nitrogen and oxygen atoms in total. The minimum atomic E-state index is 0.151. The molecule has 1 saturated carbocycles. The summed E-state index contributed by atoms with van der Waals surface area (Å²) in [6.45, 7) is 5.35. The molecule has 1 atom stereocenters. The topological polar surface area (TPSA) is 35.6 Å². The second kappa shape index (κ2) is 6.44. The average Bonchev–Trinajstić information content (AvgIpc) is 3.31. The Hall–Kier alpha value is -1.07. The Balaban J connectivity index is 1.35. The Bertz CT molecular complexity index is 560. The maximum atomic E-state index is 12.8. The number of carbonyl (C=O) groups excluding carboxylic acids is 1. The molecule has 0 bridgehead atoms. The van der Waals surface area contributed by atoms with Gasteiger partial charge in [-0.3, -0.25) is 0 Å². The smallest absolute Gasteiger partial charge is 0.318 e. The Morgan fingerprint density at radius 1 is 1.26 bits per heavy atom. The van der Waals surface area contributed by atoms with Crippen LogP contribution in [0.4, 0.5) is 4.79 Å². The number of rotatable bonds is 3. The van der Waals surface area contributed by atoms with Gasteiger partial charge in [-0.05, 0) is 55.5 Å². The van der Waals surface area contributed by atoms with E-state index in [1.54, 1.807) is 0 Å². The molecule has 3 aliphatic rings. The first kappa shape index (κ1) is 15.5. The number of nitrogens with one attached hydrogen (secondary N) is 1. The van der Waals surface area contributed by atoms with Crippen molar-refractivity contribution in [2.45, 2.75) is 63.6 Å². The van der Waals surface area contributed by atoms with Crippen LogP contribution >= 0.6 is 11.3 Å². The van der Waals surface area contributed by atoms with Crippen LogP contribution < -0.4 is 5.32 Å². The molecule has 1 N–H and O–H groups in total. The molecule has 1 aromatic rings. The Labute approximate surface area is 142 Å². The molecule has 5 heteroatoms. The highest BCUT2D eigenvalue weighted by atomic mass is 32.1. The van der Waals surface area contributed by atoms with Crippen LogP contribution in [0.3, 0.4) is 0 Å². The zero-order valence-corrected chi connectivity index (χ0v) is 14.8. The quantitative estimate of drug-likeness (QED) is 0.920. The summed E-state index contributed by atoms with van der Waals surface area (Å²) in [6.07, 6.45) is 6.99. The number of likely N-dealkylation sites (tertiary alicyclic amines) is 1. The first-order valence-corrected chi connectivity index (χ1v) is 10.0. The standard InChI is InChI=1S/C18H27N3OS/c1-2-16-15-8-12-23-17(15)7-11-21(16)18(22)19-13-5-9-20(10-6-13)14-3-4-14/h8,12-14,16H,2-7,9-11H2,1H3,(H,19,22). The van der Waals surface area contributed by atoms with Gasteiger partial charge >= 0.3 is 6.03 Å². The first-order chi connectivity index (χ1) is 11.3. The van der Waals surface area contributed by atoms with Crippen molar-refractivity contribution in [2.24, 2.45) is 0 Å². The summed E-state index contributed by atoms with van der Waals surface area (Å²) in [5.74, 6) is 0. The lowest BCUT2D eigenvalue weighted by molar-refractivity contribution is 0.150. The van der Waals surface area contributed by atoms with Gasteiger partial charge in [-0.1, -0.05) is 6.92 Å². The van der Waals surface area contributed by atoms with E-state index in [9.17, 15) is 4.79 Å². The third-order valence-electron chi connectivity index (χ3n) is 5.66. The maximum Gasteiger partial charge on any atom is 0.318 e. The molecule has 4 rings (SSSR count). The molecule has 23 heavy (non-hydrogen) atoms. The molecule has 0 radical (unpaired) electrons. The van der Waals surface area contributed by atoms with E-state index in [-0.39, 0.29) is 12.1 Å². The van der Waals surface area contributed by atoms with Crippen LogP contribution in [0.1, 0.15) is 55.5 Å². The molecule has 2 fully saturated rings. The van der Waals surface area contributed by atoms with Crippen molar-refractivity contribution in [3.05, 3.63) is 21.9 Å². The van der Waals surface area contributed by atoms with E-state index < -0.39 is 0 Å². The summed E-state index contributed by atoms with van der Waals surface area (Å²) in [6, 6.07) is 3.84. The van der Waals surface area contributed by atoms with Crippen molar-refractivity contribution >= 4 is 17.4 Å². The zero-order valence-electron chi connectivity index (χ0n) is 14.0. The van der Waals surface area contributed by atoms with Gasteiger partial charge in [0.2, 0.25) is 0 Å². The van der Waals surface area contributed by atoms with Gasteiger partial charge in [-0.2, -0.15) is 0 Å². The van der Waals surface area contributed by atoms with Crippen LogP contribution in [0.5, 0.6) is 0 Å². The molecule has 2 aliphatic heterocycles. The van der Waals surface area contributed by atoms with Crippen molar-refractivity contribution in [2.75, 3.05) is 19.6 Å². The van der Waals surface area contributed by atoms with Gasteiger partial charge in [-0.25, -0.2) is 4.79 Å². The molecule has 0 spiro atoms. The van der Waals surface area contributed by atoms with Gasteiger partial charge in [0.25, 0.3) is 0 Å². The van der Waals surface area contributed by atoms with Crippen LogP contribution in [-0.4, -0.2) is 47.5 Å². The molecule has 1 aliphatic carbocycles. The predicted octanol–water partition coefficient (Wildman–Crippen LogP) is 3.39. The Morgan fingerprint density at radius 2 is 2.04 bits per heavy atom. The largest absolute Gasteiger partial charge is 0.335 e. The fourth-order valence-corrected chi connectivity index (χ4v) is 5.11. The lowest BCUT2D eigenvalue weighted by Crippen LogP contribution is -2.51. The van der Waals surface area contributed by atoms with E-state index >= 15 is 0 Å². The summed E-state index contributed by atoms with van der Waals surface area (Å²) in [5, 5.41) is 5.49. The summed E-state index contributed by atoms with van der Waals surface area (Å²) >= 11 is 1.84. The third-order valence-corrected chi connectivity index (χ3v) is 6.66. The number of hydrogen-bond acceptors (Lipinski definition) is 3. The number of amides is 2. The van der Waals surface area contributed by atoms with Gasteiger partial charge in [0.15, 0.2) is 0 Å². The normalized spacial score (nSPS) is 26.1. The lowest BCUT2D eigenvalue weighted by Gasteiger charge is -2.38. The Kier molecular flexibility index (Phi) is 4.33. The molecular weight excluding hydrogens is 306 g/mol. The molecule has 2 amide bonds. The monoisotopic (exact) mass is 333 g/mol. The zero-order chi connectivity index (χ0) is 15.8. The number of hydrogen-bond donors (Lipinski definition) is 1. The van der Waals surface area contributed by atoms with E-state index in [0.717, 1.165) is 51.4 Å². The minimum absolute atomic E-state index is 0.151. The second-order valence-electron chi connectivity index (χ2n) is 7.16. The molecular formula is C18H27N3OS. The molecule has 3 heterocycles. The molecule has 126 valence electrons. The molecule has 1 aromatic heterocycles. The predicted molar refractivity (Wildman–Crippen MR) is 93.9 cm³/mol. The second-order valence-corrected chi connectivity index (χ2v) is 8.16. The summed E-state index contributed by atoms with van der Waals surface area (Å²) in [7, 11) is 0. The van der Waals surface area contributed by atoms with Crippen molar-refractivity contribution < 1.29 is 4.79 Å². The van der Waals surface area contributed by atoms with E-state index in [2.05, 4.69) is 33.5 Å². The maximum absolute atomic E-state index is 12.8. The van der Waals surface area contributed by atoms with E-state index in [1.807, 2.05) is 11.3 Å². The van der Waals surface area contributed by atoms with Crippen LogP contribution in [-0.2, 0) is 6.42 Å². The average molecular weight is 334 g/mol. The highest BCUT2D eigenvalue weighted by Gasteiger charge is 2.34. The summed E-state index contributed by atoms with van der Waals surface area (Å²) < 4.78 is 0. The molecule has 0 aromatic carbocycles. The number of carbonyl (C=O) groups is 1. The van der Waals surface area contributed by atoms with E-state index in [4.69, 9.17) is 0 Å². The number of urea groups is 1. The van der Waals surface area contributed by atoms with Crippen LogP contribution in [0.15, 0.2) is 11.4 Å². The third kappa shape index (κ3) is 3.13. The van der Waals surface area contributed by atoms with Gasteiger partial charge < -0.3 is 15.1 Å². The van der Waals surface area contributed by atoms with Gasteiger partial charge in [0.1, 0.15) is 0 Å². The van der Waals surface area contributed by atoms with Crippen molar-refractivity contribution in [1.29, 1.82) is 0 Å². The Morgan fingerprint density at radius 3 is 2.74 bits per heavy atom. The fraction of sp³-hybridized carbons (Fsp3) is 0.722. The van der Waals surface area contributed by atoms with Gasteiger partial charge in [0.05, 0.1) is 6.04 Å². The SMILES string of the molecule is CCC1c2ccsc2CCN1C(=O)NC1CCN(C2CC2)CC1. The number of piperidine rings is 1. The van der Waals surface area contributed by atoms with Crippen molar-refractivity contribution in [3.63, 3.8) is 0 Å². The number of thiophene rings is 1. The number of nitrogens with zero attached hydrogens (tertiary/aromatic N) is 2. The lowest BCUT2D eigenvalue weighted by atomic mass is 9.98. The van der Waals surface area contributed by atoms with Gasteiger partial charge in [0, 0.05) is 36.6 Å². The molecule has 1 saturated heterocycles. The van der Waals surface area contributed by atoms with Crippen LogP contribution in [0.25, 0.3) is 0 Å². The molecule has 1 unspecified atom stereocenters. The minimum Gasteiger partial charge on any atom is -0.335 e. The highest BCUT2D eigenvalue weighted by Crippen LogP contribution is 2.35. The number of fused-ring (bicyclic) bond motifs is 1. The van der Waals surface area contributed by atoms with Crippen LogP contribution in [0, 0.1) is 0 Å². The van der Waals surface area contributed by atoms with E-state index in [1.165, 1.54) is 23.3 Å². The highest BCUT2D eigenvalue weighted by molar-refractivity contribution is 7.10. The fourth-order valence-electron chi connectivity index (χ4n) is 4.19. The summed E-state index contributed by atoms with van der Waals surface area (Å²) in [5.41, 5.74) is 1.38. The van der Waals surface area contributed by atoms with Crippen molar-refractivity contribution in [3.8, 4) is 0 Å². The van der Waals surface area contributed by atoms with E-state index in [0.29, 0.717) is 6.04 Å².